The Balaban J connectivity index is 2.28. The maximum Gasteiger partial charge on any atom is 0.0867 e. The largest absolute Gasteiger partial charge is 0.310 e. The van der Waals surface area contributed by atoms with E-state index in [1.54, 1.807) is 0 Å². The van der Waals surface area contributed by atoms with Crippen LogP contribution >= 0.6 is 0 Å². The molecule has 0 radical (unpaired) electrons. The molecule has 2 aliphatic rings. The van der Waals surface area contributed by atoms with E-state index in [1.165, 1.54) is 12.0 Å². The van der Waals surface area contributed by atoms with Crippen LogP contribution < -0.4 is 11.5 Å². The van der Waals surface area contributed by atoms with Gasteiger partial charge >= 0.3 is 0 Å². The van der Waals surface area contributed by atoms with E-state index in [-0.39, 0.29) is 0 Å². The van der Waals surface area contributed by atoms with E-state index in [2.05, 4.69) is 18.2 Å². The van der Waals surface area contributed by atoms with Crippen molar-refractivity contribution in [2.45, 2.75) is 24.9 Å². The van der Waals surface area contributed by atoms with Gasteiger partial charge in [-0.25, -0.2) is 0 Å². The van der Waals surface area contributed by atoms with Crippen molar-refractivity contribution in [3.63, 3.8) is 0 Å². The Hall–Kier alpha value is -0.600. The second kappa shape index (κ2) is 2.19. The summed E-state index contributed by atoms with van der Waals surface area (Å²) in [6.07, 6.45) is 9.64. The van der Waals surface area contributed by atoms with Gasteiger partial charge in [0.15, 0.2) is 0 Å². The topological polar surface area (TPSA) is 52.0 Å². The summed E-state index contributed by atoms with van der Waals surface area (Å²) in [5, 5.41) is 0. The first-order chi connectivity index (χ1) is 5.20. The van der Waals surface area contributed by atoms with Crippen LogP contribution in [0.4, 0.5) is 0 Å². The van der Waals surface area contributed by atoms with Crippen molar-refractivity contribution in [2.24, 2.45) is 17.4 Å². The summed E-state index contributed by atoms with van der Waals surface area (Å²) in [6, 6.07) is 0. The maximum absolute atomic E-state index is 5.93. The Morgan fingerprint density at radius 1 is 1.45 bits per heavy atom. The summed E-state index contributed by atoms with van der Waals surface area (Å²) in [6.45, 7) is 0. The van der Waals surface area contributed by atoms with Gasteiger partial charge in [-0.1, -0.05) is 18.2 Å². The summed E-state index contributed by atoms with van der Waals surface area (Å²) >= 11 is 0. The molecule has 2 heteroatoms. The van der Waals surface area contributed by atoms with Gasteiger partial charge in [-0.3, -0.25) is 0 Å². The van der Waals surface area contributed by atoms with E-state index in [0.29, 0.717) is 5.92 Å². The number of allylic oxidation sites excluding steroid dienone is 3. The molecular weight excluding hydrogens is 136 g/mol. The van der Waals surface area contributed by atoms with Crippen molar-refractivity contribution >= 4 is 0 Å². The standard InChI is InChI=1S/C9H14N2/c10-9(11)6-2-4-7-3-1-5-8(7)9/h1,3,5,7H,2,4,6,10-11H2. The van der Waals surface area contributed by atoms with Crippen molar-refractivity contribution in [2.75, 3.05) is 0 Å². The smallest absolute Gasteiger partial charge is 0.0867 e. The molecule has 1 fully saturated rings. The van der Waals surface area contributed by atoms with Gasteiger partial charge in [-0.2, -0.15) is 0 Å². The van der Waals surface area contributed by atoms with Crippen LogP contribution in [0.5, 0.6) is 0 Å². The summed E-state index contributed by atoms with van der Waals surface area (Å²) in [7, 11) is 0. The van der Waals surface area contributed by atoms with Crippen LogP contribution in [0.3, 0.4) is 0 Å². The Labute approximate surface area is 66.9 Å². The molecular formula is C9H14N2. The summed E-state index contributed by atoms with van der Waals surface area (Å²) < 4.78 is 0. The van der Waals surface area contributed by atoms with Crippen LogP contribution in [-0.2, 0) is 0 Å². The molecule has 2 aliphatic carbocycles. The predicted molar refractivity (Wildman–Crippen MR) is 45.7 cm³/mol. The van der Waals surface area contributed by atoms with E-state index in [4.69, 9.17) is 11.5 Å². The first-order valence-electron chi connectivity index (χ1n) is 4.17. The average Bonchev–Trinajstić information content (AvgIpc) is 2.34. The lowest BCUT2D eigenvalue weighted by atomic mass is 9.79. The zero-order valence-corrected chi connectivity index (χ0v) is 6.59. The molecule has 0 aromatic heterocycles. The van der Waals surface area contributed by atoms with Crippen LogP contribution in [0, 0.1) is 5.92 Å². The second-order valence-corrected chi connectivity index (χ2v) is 3.55. The van der Waals surface area contributed by atoms with Gasteiger partial charge in [0, 0.05) is 5.92 Å². The molecule has 0 aromatic rings. The first kappa shape index (κ1) is 7.07. The molecule has 0 amide bonds. The van der Waals surface area contributed by atoms with E-state index >= 15 is 0 Å². The third kappa shape index (κ3) is 1.03. The zero-order valence-electron chi connectivity index (χ0n) is 6.59. The van der Waals surface area contributed by atoms with Gasteiger partial charge in [0.05, 0.1) is 5.66 Å². The van der Waals surface area contributed by atoms with Crippen LogP contribution in [0.2, 0.25) is 0 Å². The molecule has 0 heterocycles. The van der Waals surface area contributed by atoms with E-state index in [1.807, 2.05) is 0 Å². The van der Waals surface area contributed by atoms with E-state index in [0.717, 1.165) is 12.8 Å². The van der Waals surface area contributed by atoms with Crippen molar-refractivity contribution in [1.82, 2.24) is 0 Å². The Kier molecular flexibility index (Phi) is 1.41. The highest BCUT2D eigenvalue weighted by atomic mass is 15.0. The van der Waals surface area contributed by atoms with Gasteiger partial charge in [0.1, 0.15) is 0 Å². The van der Waals surface area contributed by atoms with Crippen LogP contribution in [0.1, 0.15) is 19.3 Å². The number of hydrogen-bond acceptors (Lipinski definition) is 2. The highest BCUT2D eigenvalue weighted by Crippen LogP contribution is 2.36. The summed E-state index contributed by atoms with van der Waals surface area (Å²) in [5.41, 5.74) is 12.6. The maximum atomic E-state index is 5.93. The highest BCUT2D eigenvalue weighted by Gasteiger charge is 2.34. The molecule has 0 bridgehead atoms. The van der Waals surface area contributed by atoms with Gasteiger partial charge < -0.3 is 11.5 Å². The molecule has 0 spiro atoms. The quantitative estimate of drug-likeness (QED) is 0.504. The molecule has 60 valence electrons. The molecule has 1 saturated carbocycles. The summed E-state index contributed by atoms with van der Waals surface area (Å²) in [4.78, 5) is 0. The normalized spacial score (nSPS) is 33.3. The summed E-state index contributed by atoms with van der Waals surface area (Å²) in [5.74, 6) is 0.541. The zero-order chi connectivity index (χ0) is 7.90. The molecule has 1 atom stereocenters. The van der Waals surface area contributed by atoms with E-state index < -0.39 is 5.66 Å². The molecule has 0 aromatic carbocycles. The van der Waals surface area contributed by atoms with Crippen molar-refractivity contribution in [1.29, 1.82) is 0 Å². The van der Waals surface area contributed by atoms with Gasteiger partial charge in [0.25, 0.3) is 0 Å². The van der Waals surface area contributed by atoms with Crippen LogP contribution in [-0.4, -0.2) is 5.66 Å². The molecule has 2 rings (SSSR count). The van der Waals surface area contributed by atoms with Crippen molar-refractivity contribution in [3.8, 4) is 0 Å². The Morgan fingerprint density at radius 3 is 3.00 bits per heavy atom. The number of rotatable bonds is 0. The SMILES string of the molecule is NC1(N)CCCC2C=CC=C21. The lowest BCUT2D eigenvalue weighted by molar-refractivity contribution is 0.361. The molecule has 0 saturated heterocycles. The minimum atomic E-state index is -0.521. The van der Waals surface area contributed by atoms with E-state index in [9.17, 15) is 0 Å². The van der Waals surface area contributed by atoms with Crippen LogP contribution in [0.15, 0.2) is 23.8 Å². The third-order valence-corrected chi connectivity index (χ3v) is 2.66. The lowest BCUT2D eigenvalue weighted by Gasteiger charge is -2.35. The minimum Gasteiger partial charge on any atom is -0.310 e. The molecule has 2 nitrogen and oxygen atoms in total. The predicted octanol–water partition coefficient (Wildman–Crippen LogP) is 0.896. The fourth-order valence-electron chi connectivity index (χ4n) is 2.03. The molecule has 0 aliphatic heterocycles. The fourth-order valence-corrected chi connectivity index (χ4v) is 2.03. The third-order valence-electron chi connectivity index (χ3n) is 2.66. The monoisotopic (exact) mass is 150 g/mol. The average molecular weight is 150 g/mol. The van der Waals surface area contributed by atoms with Crippen LogP contribution in [0.25, 0.3) is 0 Å². The first-order valence-corrected chi connectivity index (χ1v) is 4.17. The Bertz CT molecular complexity index is 226. The van der Waals surface area contributed by atoms with Gasteiger partial charge in [-0.15, -0.1) is 0 Å². The molecule has 4 N–H and O–H groups in total. The highest BCUT2D eigenvalue weighted by molar-refractivity contribution is 5.35. The van der Waals surface area contributed by atoms with Crippen molar-refractivity contribution < 1.29 is 0 Å². The minimum absolute atomic E-state index is 0.521. The molecule has 11 heavy (non-hydrogen) atoms. The van der Waals surface area contributed by atoms with Gasteiger partial charge in [-0.05, 0) is 24.8 Å². The molecule has 1 unspecified atom stereocenters. The fraction of sp³-hybridized carbons (Fsp3) is 0.556. The van der Waals surface area contributed by atoms with Gasteiger partial charge in [0.2, 0.25) is 0 Å². The number of hydrogen-bond donors (Lipinski definition) is 2. The Morgan fingerprint density at radius 2 is 2.27 bits per heavy atom. The van der Waals surface area contributed by atoms with Crippen molar-refractivity contribution in [3.05, 3.63) is 23.8 Å². The second-order valence-electron chi connectivity index (χ2n) is 3.55. The number of nitrogens with two attached hydrogens (primary N) is 2. The number of fused-ring (bicyclic) bond motifs is 1. The lowest BCUT2D eigenvalue weighted by Crippen LogP contribution is -2.53.